The Kier molecular flexibility index (Phi) is 5.30. The van der Waals surface area contributed by atoms with Crippen LogP contribution in [0.25, 0.3) is 0 Å². The quantitative estimate of drug-likeness (QED) is 0.910. The maximum absolute atomic E-state index is 13.1. The number of nitrogens with one attached hydrogen (secondary N) is 1. The molecule has 0 aliphatic rings. The number of halogens is 2. The molecule has 112 valence electrons. The molecule has 0 radical (unpaired) electrons. The van der Waals surface area contributed by atoms with Crippen LogP contribution in [-0.2, 0) is 11.2 Å². The highest BCUT2D eigenvalue weighted by molar-refractivity contribution is 7.99. The van der Waals surface area contributed by atoms with E-state index in [0.717, 1.165) is 10.9 Å². The summed E-state index contributed by atoms with van der Waals surface area (Å²) in [6.07, 6.45) is 3.94. The Morgan fingerprint density at radius 3 is 2.86 bits per heavy atom. The summed E-state index contributed by atoms with van der Waals surface area (Å²) in [4.78, 5) is 16.7. The molecule has 1 unspecified atom stereocenters. The Morgan fingerprint density at radius 2 is 2.19 bits per heavy atom. The van der Waals surface area contributed by atoms with Crippen LogP contribution in [0.4, 0.5) is 13.9 Å². The fraction of sp³-hybridized carbons (Fsp3) is 0.286. The first-order valence-corrected chi connectivity index (χ1v) is 8.32. The van der Waals surface area contributed by atoms with Gasteiger partial charge in [0.1, 0.15) is 0 Å². The molecule has 0 bridgehead atoms. The number of carbonyl (C=O) groups is 1. The van der Waals surface area contributed by atoms with Gasteiger partial charge in [-0.3, -0.25) is 4.79 Å². The Labute approximate surface area is 129 Å². The lowest BCUT2D eigenvalue weighted by molar-refractivity contribution is -0.115. The van der Waals surface area contributed by atoms with E-state index in [1.807, 2.05) is 13.2 Å². The predicted molar refractivity (Wildman–Crippen MR) is 82.9 cm³/mol. The van der Waals surface area contributed by atoms with Crippen LogP contribution in [-0.4, -0.2) is 22.4 Å². The largest absolute Gasteiger partial charge is 0.301 e. The van der Waals surface area contributed by atoms with E-state index in [1.54, 1.807) is 6.20 Å². The van der Waals surface area contributed by atoms with Crippen molar-refractivity contribution in [1.29, 1.82) is 0 Å². The topological polar surface area (TPSA) is 42.0 Å². The first kappa shape index (κ1) is 15.9. The van der Waals surface area contributed by atoms with E-state index in [1.165, 1.54) is 35.2 Å². The van der Waals surface area contributed by atoms with Gasteiger partial charge in [-0.2, -0.15) is 11.8 Å². The van der Waals surface area contributed by atoms with E-state index >= 15 is 0 Å². The minimum absolute atomic E-state index is 0.101. The van der Waals surface area contributed by atoms with Gasteiger partial charge in [0.2, 0.25) is 5.91 Å². The van der Waals surface area contributed by atoms with Crippen molar-refractivity contribution in [3.05, 3.63) is 46.5 Å². The normalized spacial score (nSPS) is 12.2. The van der Waals surface area contributed by atoms with Gasteiger partial charge in [-0.25, -0.2) is 13.8 Å². The zero-order valence-electron chi connectivity index (χ0n) is 11.5. The molecule has 0 saturated carbocycles. The van der Waals surface area contributed by atoms with E-state index in [4.69, 9.17) is 0 Å². The van der Waals surface area contributed by atoms with Crippen LogP contribution < -0.4 is 5.32 Å². The second-order valence-corrected chi connectivity index (χ2v) is 6.72. The zero-order chi connectivity index (χ0) is 15.4. The third-order valence-corrected chi connectivity index (χ3v) is 4.70. The first-order chi connectivity index (χ1) is 9.99. The molecule has 7 heteroatoms. The van der Waals surface area contributed by atoms with Gasteiger partial charge >= 0.3 is 0 Å². The maximum Gasteiger partial charge on any atom is 0.238 e. The van der Waals surface area contributed by atoms with Gasteiger partial charge < -0.3 is 5.32 Å². The highest BCUT2D eigenvalue weighted by Gasteiger charge is 2.13. The molecule has 0 saturated heterocycles. The van der Waals surface area contributed by atoms with Gasteiger partial charge in [0, 0.05) is 17.5 Å². The van der Waals surface area contributed by atoms with Crippen molar-refractivity contribution in [2.24, 2.45) is 0 Å². The minimum atomic E-state index is -0.862. The number of anilines is 1. The fourth-order valence-electron chi connectivity index (χ4n) is 1.61. The van der Waals surface area contributed by atoms with Gasteiger partial charge in [0.25, 0.3) is 0 Å². The van der Waals surface area contributed by atoms with E-state index in [2.05, 4.69) is 10.3 Å². The van der Waals surface area contributed by atoms with Crippen molar-refractivity contribution in [3.8, 4) is 0 Å². The molecule has 0 spiro atoms. The summed E-state index contributed by atoms with van der Waals surface area (Å²) in [6, 6.07) is 3.81. The Morgan fingerprint density at radius 1 is 1.43 bits per heavy atom. The maximum atomic E-state index is 13.1. The molecular formula is C14H14F2N2OS2. The fourth-order valence-corrected chi connectivity index (χ4v) is 2.73. The van der Waals surface area contributed by atoms with E-state index < -0.39 is 11.6 Å². The van der Waals surface area contributed by atoms with Gasteiger partial charge in [-0.05, 0) is 30.9 Å². The number of rotatable bonds is 5. The number of carbonyl (C=O) groups excluding carboxylic acids is 1. The molecule has 1 aromatic carbocycles. The summed E-state index contributed by atoms with van der Waals surface area (Å²) in [6.45, 7) is 1.82. The molecule has 1 N–H and O–H groups in total. The van der Waals surface area contributed by atoms with Crippen LogP contribution in [0.2, 0.25) is 0 Å². The zero-order valence-corrected chi connectivity index (χ0v) is 13.2. The van der Waals surface area contributed by atoms with Crippen LogP contribution >= 0.6 is 23.1 Å². The molecule has 2 rings (SSSR count). The number of thioether (sulfide) groups is 1. The smallest absolute Gasteiger partial charge is 0.238 e. The van der Waals surface area contributed by atoms with Crippen molar-refractivity contribution in [1.82, 2.24) is 4.98 Å². The lowest BCUT2D eigenvalue weighted by atomic mass is 10.1. The summed E-state index contributed by atoms with van der Waals surface area (Å²) in [5, 5.41) is 3.10. The molecule has 21 heavy (non-hydrogen) atoms. The van der Waals surface area contributed by atoms with Crippen LogP contribution in [0.5, 0.6) is 0 Å². The van der Waals surface area contributed by atoms with Crippen molar-refractivity contribution in [3.63, 3.8) is 0 Å². The van der Waals surface area contributed by atoms with Crippen molar-refractivity contribution in [2.75, 3.05) is 11.6 Å². The minimum Gasteiger partial charge on any atom is -0.301 e. The number of hydrogen-bond acceptors (Lipinski definition) is 4. The predicted octanol–water partition coefficient (Wildman–Crippen LogP) is 3.70. The van der Waals surface area contributed by atoms with E-state index in [-0.39, 0.29) is 11.2 Å². The molecule has 1 amide bonds. The highest BCUT2D eigenvalue weighted by Crippen LogP contribution is 2.22. The summed E-state index contributed by atoms with van der Waals surface area (Å²) in [7, 11) is 0. The Balaban J connectivity index is 2.03. The second kappa shape index (κ2) is 7.00. The summed E-state index contributed by atoms with van der Waals surface area (Å²) in [5.74, 6) is -1.82. The van der Waals surface area contributed by atoms with Crippen LogP contribution in [0.15, 0.2) is 24.4 Å². The van der Waals surface area contributed by atoms with Gasteiger partial charge in [-0.1, -0.05) is 6.07 Å². The average molecular weight is 328 g/mol. The van der Waals surface area contributed by atoms with Crippen LogP contribution in [0.1, 0.15) is 17.4 Å². The number of aromatic nitrogens is 1. The average Bonchev–Trinajstić information content (AvgIpc) is 2.89. The first-order valence-electron chi connectivity index (χ1n) is 6.22. The lowest BCUT2D eigenvalue weighted by Gasteiger charge is -2.06. The lowest BCUT2D eigenvalue weighted by Crippen LogP contribution is -2.21. The third kappa shape index (κ3) is 4.25. The van der Waals surface area contributed by atoms with E-state index in [0.29, 0.717) is 17.1 Å². The van der Waals surface area contributed by atoms with Gasteiger partial charge in [0.05, 0.1) is 5.25 Å². The third-order valence-electron chi connectivity index (χ3n) is 2.87. The Bertz CT molecular complexity index is 646. The molecule has 0 fully saturated rings. The standard InChI is InChI=1S/C14H14F2N2OS2/c1-8(20-2)13(19)18-14-17-7-10(21-14)5-9-3-4-11(15)12(16)6-9/h3-4,6-8H,5H2,1-2H3,(H,17,18,19). The second-order valence-electron chi connectivity index (χ2n) is 4.42. The molecule has 0 aliphatic carbocycles. The SMILES string of the molecule is CSC(C)C(=O)Nc1ncc(Cc2ccc(F)c(F)c2)s1. The summed E-state index contributed by atoms with van der Waals surface area (Å²) < 4.78 is 26.0. The van der Waals surface area contributed by atoms with E-state index in [9.17, 15) is 13.6 Å². The number of thiazole rings is 1. The molecule has 1 aromatic heterocycles. The van der Waals surface area contributed by atoms with Crippen molar-refractivity contribution >= 4 is 34.1 Å². The van der Waals surface area contributed by atoms with Crippen LogP contribution in [0.3, 0.4) is 0 Å². The van der Waals surface area contributed by atoms with Crippen LogP contribution in [0, 0.1) is 11.6 Å². The molecule has 3 nitrogen and oxygen atoms in total. The number of nitrogens with zero attached hydrogens (tertiary/aromatic N) is 1. The van der Waals surface area contributed by atoms with Crippen molar-refractivity contribution < 1.29 is 13.6 Å². The van der Waals surface area contributed by atoms with Crippen molar-refractivity contribution in [2.45, 2.75) is 18.6 Å². The Hall–Kier alpha value is -1.47. The monoisotopic (exact) mass is 328 g/mol. The highest BCUT2D eigenvalue weighted by atomic mass is 32.2. The molecule has 1 heterocycles. The summed E-state index contributed by atoms with van der Waals surface area (Å²) >= 11 is 2.78. The molecule has 0 aliphatic heterocycles. The molecule has 2 aromatic rings. The number of benzene rings is 1. The summed E-state index contributed by atoms with van der Waals surface area (Å²) in [5.41, 5.74) is 0.660. The molecule has 1 atom stereocenters. The van der Waals surface area contributed by atoms with Gasteiger partial charge in [0.15, 0.2) is 16.8 Å². The molecular weight excluding hydrogens is 314 g/mol. The number of amides is 1. The number of hydrogen-bond donors (Lipinski definition) is 1. The van der Waals surface area contributed by atoms with Gasteiger partial charge in [-0.15, -0.1) is 11.3 Å².